The van der Waals surface area contributed by atoms with Crippen molar-refractivity contribution in [3.8, 4) is 0 Å². The third kappa shape index (κ3) is 5.33. The zero-order chi connectivity index (χ0) is 21.5. The third-order valence-electron chi connectivity index (χ3n) is 5.42. The molecule has 0 bridgehead atoms. The second-order valence-corrected chi connectivity index (χ2v) is 7.77. The highest BCUT2D eigenvalue weighted by atomic mass is 32.1. The molecule has 0 aromatic carbocycles. The van der Waals surface area contributed by atoms with Crippen LogP contribution in [0.2, 0.25) is 0 Å². The van der Waals surface area contributed by atoms with Gasteiger partial charge in [-0.05, 0) is 38.1 Å². The molecule has 1 unspecified atom stereocenters. The van der Waals surface area contributed by atoms with Crippen molar-refractivity contribution in [2.24, 2.45) is 10.9 Å². The number of unbranched alkanes of at least 4 members (excludes halogenated alkanes) is 2. The fraction of sp³-hybridized carbons (Fsp3) is 0.571. The van der Waals surface area contributed by atoms with Gasteiger partial charge in [-0.25, -0.2) is 9.79 Å². The van der Waals surface area contributed by atoms with Gasteiger partial charge >= 0.3 is 6.09 Å². The fourth-order valence-corrected chi connectivity index (χ4v) is 4.01. The van der Waals surface area contributed by atoms with E-state index in [4.69, 9.17) is 17.0 Å². The van der Waals surface area contributed by atoms with Crippen LogP contribution in [0.1, 0.15) is 32.6 Å². The minimum absolute atomic E-state index is 0.0267. The van der Waals surface area contributed by atoms with Crippen molar-refractivity contribution in [2.45, 2.75) is 32.6 Å². The lowest BCUT2D eigenvalue weighted by atomic mass is 9.95. The molecule has 162 valence electrons. The average molecular weight is 433 g/mol. The van der Waals surface area contributed by atoms with Crippen LogP contribution >= 0.6 is 12.2 Å². The van der Waals surface area contributed by atoms with Gasteiger partial charge in [0, 0.05) is 39.1 Å². The Balaban J connectivity index is 1.34. The van der Waals surface area contributed by atoms with Crippen LogP contribution in [0.4, 0.5) is 4.79 Å². The molecule has 30 heavy (non-hydrogen) atoms. The molecule has 0 aromatic heterocycles. The van der Waals surface area contributed by atoms with Crippen molar-refractivity contribution in [3.05, 3.63) is 24.3 Å². The van der Waals surface area contributed by atoms with Crippen LogP contribution < -0.4 is 0 Å². The van der Waals surface area contributed by atoms with Gasteiger partial charge in [0.15, 0.2) is 0 Å². The van der Waals surface area contributed by atoms with Crippen molar-refractivity contribution in [2.75, 3.05) is 39.3 Å². The largest absolute Gasteiger partial charge is 0.450 e. The molecular formula is C21H28N4O4S. The van der Waals surface area contributed by atoms with Gasteiger partial charge in [-0.2, -0.15) is 0 Å². The molecule has 3 rings (SSSR count). The lowest BCUT2D eigenvalue weighted by molar-refractivity contribution is -0.133. The number of rotatable bonds is 7. The predicted octanol–water partition coefficient (Wildman–Crippen LogP) is 2.16. The molecule has 1 fully saturated rings. The molecule has 3 amide bonds. The molecule has 3 aliphatic rings. The van der Waals surface area contributed by atoms with Crippen LogP contribution in [0.25, 0.3) is 0 Å². The topological polar surface area (TPSA) is 82.5 Å². The maximum absolute atomic E-state index is 12.6. The SMILES string of the molecule is CCOC(=O)N1CCN(C(=O)CCCCCN2C(=O)C3C=CC=CC3=NC2=S)CC1. The molecule has 2 heterocycles. The number of allylic oxidation sites excluding steroid dienone is 3. The van der Waals surface area contributed by atoms with E-state index in [1.165, 1.54) is 0 Å². The summed E-state index contributed by atoms with van der Waals surface area (Å²) in [6, 6.07) is 0. The number of fused-ring (bicyclic) bond motifs is 1. The van der Waals surface area contributed by atoms with Gasteiger partial charge in [0.25, 0.3) is 0 Å². The number of nitrogens with zero attached hydrogens (tertiary/aromatic N) is 4. The number of thiocarbonyl (C=S) groups is 1. The summed E-state index contributed by atoms with van der Waals surface area (Å²) in [7, 11) is 0. The highest BCUT2D eigenvalue weighted by Crippen LogP contribution is 2.20. The van der Waals surface area contributed by atoms with Crippen molar-refractivity contribution >= 4 is 40.9 Å². The lowest BCUT2D eigenvalue weighted by Gasteiger charge is -2.34. The van der Waals surface area contributed by atoms with E-state index in [0.29, 0.717) is 56.6 Å². The Kier molecular flexibility index (Phi) is 7.73. The van der Waals surface area contributed by atoms with Gasteiger partial charge in [0.2, 0.25) is 16.9 Å². The molecule has 1 aliphatic carbocycles. The summed E-state index contributed by atoms with van der Waals surface area (Å²) in [5, 5.41) is 0.321. The Morgan fingerprint density at radius 2 is 1.87 bits per heavy atom. The Labute approximate surface area is 182 Å². The van der Waals surface area contributed by atoms with E-state index >= 15 is 0 Å². The van der Waals surface area contributed by atoms with Crippen molar-refractivity contribution in [3.63, 3.8) is 0 Å². The highest BCUT2D eigenvalue weighted by molar-refractivity contribution is 7.80. The summed E-state index contributed by atoms with van der Waals surface area (Å²) in [5.74, 6) is -0.255. The van der Waals surface area contributed by atoms with Crippen LogP contribution in [0.5, 0.6) is 0 Å². The van der Waals surface area contributed by atoms with Gasteiger partial charge in [-0.3, -0.25) is 14.5 Å². The first kappa shape index (κ1) is 22.1. The van der Waals surface area contributed by atoms with Gasteiger partial charge in [0.05, 0.1) is 18.2 Å². The van der Waals surface area contributed by atoms with Crippen molar-refractivity contribution in [1.29, 1.82) is 0 Å². The second-order valence-electron chi connectivity index (χ2n) is 7.41. The van der Waals surface area contributed by atoms with E-state index in [1.54, 1.807) is 21.6 Å². The smallest absolute Gasteiger partial charge is 0.409 e. The molecule has 8 nitrogen and oxygen atoms in total. The summed E-state index contributed by atoms with van der Waals surface area (Å²) in [6.07, 6.45) is 9.89. The molecule has 0 spiro atoms. The summed E-state index contributed by atoms with van der Waals surface area (Å²) >= 11 is 5.28. The van der Waals surface area contributed by atoms with Gasteiger partial charge in [0.1, 0.15) is 0 Å². The molecule has 2 aliphatic heterocycles. The number of aliphatic imine (C=N–C) groups is 1. The maximum Gasteiger partial charge on any atom is 0.409 e. The summed E-state index contributed by atoms with van der Waals surface area (Å²) in [4.78, 5) is 46.1. The molecular weight excluding hydrogens is 404 g/mol. The van der Waals surface area contributed by atoms with Crippen LogP contribution in [0, 0.1) is 5.92 Å². The molecule has 1 atom stereocenters. The predicted molar refractivity (Wildman–Crippen MR) is 117 cm³/mol. The number of hydrogen-bond donors (Lipinski definition) is 0. The van der Waals surface area contributed by atoms with Crippen molar-refractivity contribution < 1.29 is 19.1 Å². The van der Waals surface area contributed by atoms with Crippen LogP contribution in [0.3, 0.4) is 0 Å². The normalized spacial score (nSPS) is 20.9. The molecule has 9 heteroatoms. The van der Waals surface area contributed by atoms with Crippen LogP contribution in [0.15, 0.2) is 29.3 Å². The van der Waals surface area contributed by atoms with Gasteiger partial charge < -0.3 is 14.5 Å². The van der Waals surface area contributed by atoms with E-state index in [-0.39, 0.29) is 23.8 Å². The van der Waals surface area contributed by atoms with Crippen molar-refractivity contribution in [1.82, 2.24) is 14.7 Å². The number of piperazine rings is 1. The number of carbonyl (C=O) groups is 3. The molecule has 0 saturated carbocycles. The lowest BCUT2D eigenvalue weighted by Crippen LogP contribution is -2.50. The molecule has 0 aromatic rings. The average Bonchev–Trinajstić information content (AvgIpc) is 2.75. The maximum atomic E-state index is 12.6. The Morgan fingerprint density at radius 3 is 2.60 bits per heavy atom. The van der Waals surface area contributed by atoms with Gasteiger partial charge in [-0.15, -0.1) is 0 Å². The standard InChI is InChI=1S/C21H28N4O4S/c1-2-29-21(28)24-14-12-23(13-15-24)18(26)10-4-3-7-11-25-19(27)16-8-5-6-9-17(16)22-20(25)30/h5-6,8-9,16H,2-4,7,10-15H2,1H3. The monoisotopic (exact) mass is 432 g/mol. The first-order valence-electron chi connectivity index (χ1n) is 10.5. The first-order chi connectivity index (χ1) is 14.5. The Bertz CT molecular complexity index is 784. The van der Waals surface area contributed by atoms with Crippen LogP contribution in [-0.2, 0) is 14.3 Å². The number of hydrogen-bond acceptors (Lipinski definition) is 5. The second kappa shape index (κ2) is 10.5. The molecule has 0 radical (unpaired) electrons. The molecule has 0 N–H and O–H groups in total. The van der Waals surface area contributed by atoms with E-state index in [0.717, 1.165) is 19.3 Å². The molecule has 1 saturated heterocycles. The number of amides is 3. The zero-order valence-corrected chi connectivity index (χ0v) is 18.1. The highest BCUT2D eigenvalue weighted by Gasteiger charge is 2.33. The minimum Gasteiger partial charge on any atom is -0.450 e. The Hall–Kier alpha value is -2.55. The van der Waals surface area contributed by atoms with Gasteiger partial charge in [-0.1, -0.05) is 24.6 Å². The number of carbonyl (C=O) groups excluding carboxylic acids is 3. The van der Waals surface area contributed by atoms with E-state index in [2.05, 4.69) is 4.99 Å². The summed E-state index contributed by atoms with van der Waals surface area (Å²) < 4.78 is 4.99. The first-order valence-corrected chi connectivity index (χ1v) is 10.9. The van der Waals surface area contributed by atoms with E-state index in [9.17, 15) is 14.4 Å². The third-order valence-corrected chi connectivity index (χ3v) is 5.73. The zero-order valence-electron chi connectivity index (χ0n) is 17.3. The summed E-state index contributed by atoms with van der Waals surface area (Å²) in [5.41, 5.74) is 0.706. The summed E-state index contributed by atoms with van der Waals surface area (Å²) in [6.45, 7) is 4.75. The minimum atomic E-state index is -0.337. The van der Waals surface area contributed by atoms with E-state index in [1.807, 2.05) is 24.3 Å². The fourth-order valence-electron chi connectivity index (χ4n) is 3.72. The van der Waals surface area contributed by atoms with E-state index < -0.39 is 0 Å². The Morgan fingerprint density at radius 1 is 1.13 bits per heavy atom. The number of ether oxygens (including phenoxy) is 1. The van der Waals surface area contributed by atoms with Crippen LogP contribution in [-0.4, -0.2) is 82.8 Å². The quantitative estimate of drug-likeness (QED) is 0.455.